The molecule has 0 aliphatic carbocycles. The summed E-state index contributed by atoms with van der Waals surface area (Å²) in [7, 11) is 1.48. The maximum Gasteiger partial charge on any atom is 0.326 e. The summed E-state index contributed by atoms with van der Waals surface area (Å²) in [4.78, 5) is 23.1. The SMILES string of the molecule is COCCC(NC(=O)c1ccc(Br)s1)C(=O)O. The maximum absolute atomic E-state index is 11.7. The largest absolute Gasteiger partial charge is 0.480 e. The van der Waals surface area contributed by atoms with Crippen LogP contribution in [-0.4, -0.2) is 36.7 Å². The molecule has 0 bridgehead atoms. The molecule has 7 heteroatoms. The summed E-state index contributed by atoms with van der Waals surface area (Å²) in [6.07, 6.45) is 0.240. The van der Waals surface area contributed by atoms with E-state index in [4.69, 9.17) is 9.84 Å². The first-order valence-corrected chi connectivity index (χ1v) is 6.43. The van der Waals surface area contributed by atoms with Crippen molar-refractivity contribution in [3.05, 3.63) is 20.8 Å². The van der Waals surface area contributed by atoms with Crippen LogP contribution in [0.25, 0.3) is 0 Å². The Bertz CT molecular complexity index is 407. The molecule has 1 atom stereocenters. The van der Waals surface area contributed by atoms with Crippen molar-refractivity contribution in [1.29, 1.82) is 0 Å². The highest BCUT2D eigenvalue weighted by Gasteiger charge is 2.20. The number of carbonyl (C=O) groups is 2. The van der Waals surface area contributed by atoms with Crippen LogP contribution in [0.2, 0.25) is 0 Å². The van der Waals surface area contributed by atoms with Crippen molar-refractivity contribution in [2.45, 2.75) is 12.5 Å². The minimum atomic E-state index is -1.06. The molecule has 1 aromatic heterocycles. The van der Waals surface area contributed by atoms with Crippen molar-refractivity contribution in [1.82, 2.24) is 5.32 Å². The van der Waals surface area contributed by atoms with Crippen LogP contribution in [-0.2, 0) is 9.53 Å². The van der Waals surface area contributed by atoms with Gasteiger partial charge in [-0.15, -0.1) is 11.3 Å². The number of carboxylic acids is 1. The van der Waals surface area contributed by atoms with E-state index in [1.54, 1.807) is 12.1 Å². The van der Waals surface area contributed by atoms with E-state index in [0.29, 0.717) is 4.88 Å². The highest BCUT2D eigenvalue weighted by molar-refractivity contribution is 9.11. The van der Waals surface area contributed by atoms with Crippen LogP contribution in [0.3, 0.4) is 0 Å². The molecule has 1 aromatic rings. The number of nitrogens with one attached hydrogen (secondary N) is 1. The predicted octanol–water partition coefficient (Wildman–Crippen LogP) is 1.73. The molecule has 0 fully saturated rings. The standard InChI is InChI=1S/C10H12BrNO4S/c1-16-5-4-6(10(14)15)12-9(13)7-2-3-8(11)17-7/h2-3,6H,4-5H2,1H3,(H,12,13)(H,14,15). The first kappa shape index (κ1) is 14.1. The van der Waals surface area contributed by atoms with Gasteiger partial charge < -0.3 is 15.2 Å². The molecule has 0 aliphatic rings. The minimum absolute atomic E-state index is 0.240. The first-order valence-electron chi connectivity index (χ1n) is 4.82. The lowest BCUT2D eigenvalue weighted by molar-refractivity contribution is -0.139. The number of carboxylic acid groups (broad SMARTS) is 1. The number of halogens is 1. The van der Waals surface area contributed by atoms with Crippen molar-refractivity contribution in [3.63, 3.8) is 0 Å². The Kier molecular flexibility index (Phi) is 5.60. The van der Waals surface area contributed by atoms with Crippen LogP contribution in [0.15, 0.2) is 15.9 Å². The molecule has 17 heavy (non-hydrogen) atoms. The van der Waals surface area contributed by atoms with E-state index in [9.17, 15) is 9.59 Å². The normalized spacial score (nSPS) is 12.1. The zero-order valence-corrected chi connectivity index (χ0v) is 11.5. The molecule has 1 unspecified atom stereocenters. The number of methoxy groups -OCH3 is 1. The molecule has 1 rings (SSSR count). The van der Waals surface area contributed by atoms with Gasteiger partial charge in [-0.05, 0) is 28.1 Å². The molecular formula is C10H12BrNO4S. The van der Waals surface area contributed by atoms with Gasteiger partial charge in [0.1, 0.15) is 6.04 Å². The second kappa shape index (κ2) is 6.73. The third-order valence-electron chi connectivity index (χ3n) is 2.01. The van der Waals surface area contributed by atoms with E-state index in [1.165, 1.54) is 18.4 Å². The zero-order valence-electron chi connectivity index (χ0n) is 9.10. The van der Waals surface area contributed by atoms with E-state index in [1.807, 2.05) is 0 Å². The topological polar surface area (TPSA) is 75.6 Å². The van der Waals surface area contributed by atoms with Crippen molar-refractivity contribution >= 4 is 39.1 Å². The fourth-order valence-electron chi connectivity index (χ4n) is 1.16. The number of aliphatic carboxylic acids is 1. The molecule has 0 aliphatic heterocycles. The average Bonchev–Trinajstić information content (AvgIpc) is 2.70. The van der Waals surface area contributed by atoms with Crippen LogP contribution in [0.4, 0.5) is 0 Å². The van der Waals surface area contributed by atoms with Gasteiger partial charge in [0.25, 0.3) is 5.91 Å². The fraction of sp³-hybridized carbons (Fsp3) is 0.400. The van der Waals surface area contributed by atoms with Gasteiger partial charge >= 0.3 is 5.97 Å². The third kappa shape index (κ3) is 4.45. The van der Waals surface area contributed by atoms with E-state index < -0.39 is 12.0 Å². The number of ether oxygens (including phenoxy) is 1. The van der Waals surface area contributed by atoms with Gasteiger partial charge in [0, 0.05) is 20.1 Å². The molecule has 0 saturated heterocycles. The summed E-state index contributed by atoms with van der Waals surface area (Å²) in [6, 6.07) is 2.45. The summed E-state index contributed by atoms with van der Waals surface area (Å²) in [6.45, 7) is 0.283. The summed E-state index contributed by atoms with van der Waals surface area (Å²) >= 11 is 4.49. The summed E-state index contributed by atoms with van der Waals surface area (Å²) < 4.78 is 5.62. The Morgan fingerprint density at radius 1 is 1.59 bits per heavy atom. The molecular weight excluding hydrogens is 310 g/mol. The molecule has 94 valence electrons. The lowest BCUT2D eigenvalue weighted by Crippen LogP contribution is -2.41. The van der Waals surface area contributed by atoms with Gasteiger partial charge in [-0.3, -0.25) is 4.79 Å². The van der Waals surface area contributed by atoms with E-state index in [0.717, 1.165) is 3.79 Å². The number of amides is 1. The summed E-state index contributed by atoms with van der Waals surface area (Å²) in [5, 5.41) is 11.4. The molecule has 1 heterocycles. The smallest absolute Gasteiger partial charge is 0.326 e. The second-order valence-corrected chi connectivity index (χ2v) is 5.71. The van der Waals surface area contributed by atoms with Crippen LogP contribution in [0, 0.1) is 0 Å². The predicted molar refractivity (Wildman–Crippen MR) is 67.4 cm³/mol. The van der Waals surface area contributed by atoms with E-state index in [-0.39, 0.29) is 18.9 Å². The molecule has 5 nitrogen and oxygen atoms in total. The zero-order chi connectivity index (χ0) is 12.8. The number of rotatable bonds is 6. The van der Waals surface area contributed by atoms with Crippen LogP contribution >= 0.6 is 27.3 Å². The van der Waals surface area contributed by atoms with Crippen LogP contribution in [0.5, 0.6) is 0 Å². The van der Waals surface area contributed by atoms with Gasteiger partial charge in [-0.1, -0.05) is 0 Å². The Labute approximate surface area is 111 Å². The van der Waals surface area contributed by atoms with Gasteiger partial charge in [-0.2, -0.15) is 0 Å². The first-order chi connectivity index (χ1) is 8.04. The maximum atomic E-state index is 11.7. The minimum Gasteiger partial charge on any atom is -0.480 e. The van der Waals surface area contributed by atoms with E-state index >= 15 is 0 Å². The van der Waals surface area contributed by atoms with E-state index in [2.05, 4.69) is 21.2 Å². The van der Waals surface area contributed by atoms with Crippen molar-refractivity contribution in [2.75, 3.05) is 13.7 Å². The molecule has 1 amide bonds. The molecule has 2 N–H and O–H groups in total. The lowest BCUT2D eigenvalue weighted by atomic mass is 10.2. The van der Waals surface area contributed by atoms with Crippen molar-refractivity contribution < 1.29 is 19.4 Å². The van der Waals surface area contributed by atoms with Gasteiger partial charge in [-0.25, -0.2) is 4.79 Å². The quantitative estimate of drug-likeness (QED) is 0.836. The Balaban J connectivity index is 2.60. The highest BCUT2D eigenvalue weighted by Crippen LogP contribution is 2.21. The molecule has 0 spiro atoms. The molecule has 0 radical (unpaired) electrons. The fourth-order valence-corrected chi connectivity index (χ4v) is 2.45. The van der Waals surface area contributed by atoms with Crippen molar-refractivity contribution in [2.24, 2.45) is 0 Å². The monoisotopic (exact) mass is 321 g/mol. The summed E-state index contributed by atoms with van der Waals surface area (Å²) in [5.74, 6) is -1.45. The Morgan fingerprint density at radius 2 is 2.29 bits per heavy atom. The van der Waals surface area contributed by atoms with Crippen LogP contribution in [0.1, 0.15) is 16.1 Å². The number of thiophene rings is 1. The van der Waals surface area contributed by atoms with Crippen molar-refractivity contribution in [3.8, 4) is 0 Å². The third-order valence-corrected chi connectivity index (χ3v) is 3.63. The summed E-state index contributed by atoms with van der Waals surface area (Å²) in [5.41, 5.74) is 0. The molecule has 0 saturated carbocycles. The second-order valence-electron chi connectivity index (χ2n) is 3.25. The Hall–Kier alpha value is -0.920. The van der Waals surface area contributed by atoms with Gasteiger partial charge in [0.2, 0.25) is 0 Å². The highest BCUT2D eigenvalue weighted by atomic mass is 79.9. The van der Waals surface area contributed by atoms with Crippen LogP contribution < -0.4 is 5.32 Å². The Morgan fingerprint density at radius 3 is 2.76 bits per heavy atom. The number of hydrogen-bond donors (Lipinski definition) is 2. The van der Waals surface area contributed by atoms with Gasteiger partial charge in [0.05, 0.1) is 8.66 Å². The van der Waals surface area contributed by atoms with Gasteiger partial charge in [0.15, 0.2) is 0 Å². The number of carbonyl (C=O) groups excluding carboxylic acids is 1. The average molecular weight is 322 g/mol. The molecule has 0 aromatic carbocycles. The number of hydrogen-bond acceptors (Lipinski definition) is 4. The lowest BCUT2D eigenvalue weighted by Gasteiger charge is -2.13.